The van der Waals surface area contributed by atoms with E-state index in [-0.39, 0.29) is 18.6 Å². The summed E-state index contributed by atoms with van der Waals surface area (Å²) in [4.78, 5) is 11.3. The number of hydrogen-bond acceptors (Lipinski definition) is 2. The van der Waals surface area contributed by atoms with E-state index in [1.54, 1.807) is 0 Å². The fraction of sp³-hybridized carbons (Fsp3) is 0.500. The summed E-state index contributed by atoms with van der Waals surface area (Å²) in [7, 11) is 1.52. The van der Waals surface area contributed by atoms with Crippen LogP contribution in [0.4, 0.5) is 0 Å². The number of carbonyl (C=O) groups is 1. The van der Waals surface area contributed by atoms with E-state index in [1.165, 1.54) is 23.8 Å². The molecule has 0 aromatic heterocycles. The number of benzene rings is 1. The van der Waals surface area contributed by atoms with E-state index in [2.05, 4.69) is 37.4 Å². The van der Waals surface area contributed by atoms with Crippen molar-refractivity contribution in [3.63, 3.8) is 0 Å². The summed E-state index contributed by atoms with van der Waals surface area (Å²) in [6, 6.07) is 6.59. The lowest BCUT2D eigenvalue weighted by atomic mass is 10.0. The molecule has 3 heteroatoms. The molecule has 1 aromatic rings. The maximum atomic E-state index is 11.3. The van der Waals surface area contributed by atoms with Gasteiger partial charge in [0.15, 0.2) is 0 Å². The second kappa shape index (κ2) is 6.40. The molecule has 1 N–H and O–H groups in total. The summed E-state index contributed by atoms with van der Waals surface area (Å²) in [6.07, 6.45) is 0.845. The molecule has 1 aromatic carbocycles. The molecule has 0 aliphatic rings. The molecule has 0 fully saturated rings. The highest BCUT2D eigenvalue weighted by Crippen LogP contribution is 2.10. The number of nitrogens with one attached hydrogen (secondary N) is 1. The van der Waals surface area contributed by atoms with Gasteiger partial charge in [0, 0.05) is 13.2 Å². The molecule has 0 aliphatic heterocycles. The Hall–Kier alpha value is -1.35. The zero-order valence-corrected chi connectivity index (χ0v) is 11.0. The minimum absolute atomic E-state index is 0.0654. The predicted molar refractivity (Wildman–Crippen MR) is 69.1 cm³/mol. The maximum Gasteiger partial charge on any atom is 0.246 e. The Bertz CT molecular complexity index is 368. The van der Waals surface area contributed by atoms with Crippen LogP contribution < -0.4 is 5.32 Å². The zero-order valence-electron chi connectivity index (χ0n) is 11.0. The number of carbonyl (C=O) groups excluding carboxylic acids is 1. The van der Waals surface area contributed by atoms with Crippen molar-refractivity contribution >= 4 is 5.91 Å². The smallest absolute Gasteiger partial charge is 0.246 e. The minimum atomic E-state index is -0.0654. The summed E-state index contributed by atoms with van der Waals surface area (Å²) in [5.41, 5.74) is 3.78. The van der Waals surface area contributed by atoms with Crippen LogP contribution in [-0.4, -0.2) is 25.7 Å². The number of rotatable bonds is 5. The highest BCUT2D eigenvalue weighted by atomic mass is 16.5. The summed E-state index contributed by atoms with van der Waals surface area (Å²) < 4.78 is 4.78. The standard InChI is InChI=1S/C14H21NO2/c1-10-5-11(2)7-13(6-10)8-12(3)15-14(16)9-17-4/h5-7,12H,8-9H2,1-4H3,(H,15,16)/t12-/m1/s1. The zero-order chi connectivity index (χ0) is 12.8. The van der Waals surface area contributed by atoms with E-state index in [4.69, 9.17) is 4.74 Å². The van der Waals surface area contributed by atoms with Crippen molar-refractivity contribution in [1.82, 2.24) is 5.32 Å². The lowest BCUT2D eigenvalue weighted by Gasteiger charge is -2.14. The third-order valence-corrected chi connectivity index (χ3v) is 2.51. The largest absolute Gasteiger partial charge is 0.375 e. The topological polar surface area (TPSA) is 38.3 Å². The van der Waals surface area contributed by atoms with Crippen molar-refractivity contribution < 1.29 is 9.53 Å². The van der Waals surface area contributed by atoms with Crippen molar-refractivity contribution in [2.24, 2.45) is 0 Å². The number of aryl methyl sites for hydroxylation is 2. The van der Waals surface area contributed by atoms with Gasteiger partial charge in [0.25, 0.3) is 0 Å². The van der Waals surface area contributed by atoms with Gasteiger partial charge in [-0.3, -0.25) is 4.79 Å². The average molecular weight is 235 g/mol. The van der Waals surface area contributed by atoms with E-state index in [0.29, 0.717) is 0 Å². The van der Waals surface area contributed by atoms with Crippen LogP contribution in [0.15, 0.2) is 18.2 Å². The summed E-state index contributed by atoms with van der Waals surface area (Å²) >= 11 is 0. The first kappa shape index (κ1) is 13.7. The quantitative estimate of drug-likeness (QED) is 0.847. The van der Waals surface area contributed by atoms with Gasteiger partial charge in [0.1, 0.15) is 6.61 Å². The van der Waals surface area contributed by atoms with Crippen LogP contribution in [-0.2, 0) is 16.0 Å². The lowest BCUT2D eigenvalue weighted by molar-refractivity contribution is -0.125. The van der Waals surface area contributed by atoms with Gasteiger partial charge in [-0.05, 0) is 32.8 Å². The third kappa shape index (κ3) is 5.00. The van der Waals surface area contributed by atoms with Crippen LogP contribution >= 0.6 is 0 Å². The molecule has 1 atom stereocenters. The van der Waals surface area contributed by atoms with Gasteiger partial charge in [0.2, 0.25) is 5.91 Å². The second-order valence-electron chi connectivity index (χ2n) is 4.60. The van der Waals surface area contributed by atoms with Crippen molar-refractivity contribution in [1.29, 1.82) is 0 Å². The monoisotopic (exact) mass is 235 g/mol. The van der Waals surface area contributed by atoms with Crippen LogP contribution in [0.1, 0.15) is 23.6 Å². The van der Waals surface area contributed by atoms with Gasteiger partial charge in [-0.2, -0.15) is 0 Å². The molecule has 0 aliphatic carbocycles. The summed E-state index contributed by atoms with van der Waals surface area (Å²) in [5, 5.41) is 2.90. The number of hydrogen-bond donors (Lipinski definition) is 1. The van der Waals surface area contributed by atoms with Crippen LogP contribution in [0, 0.1) is 13.8 Å². The Morgan fingerprint density at radius 3 is 2.41 bits per heavy atom. The fourth-order valence-electron chi connectivity index (χ4n) is 2.04. The Labute approximate surface area is 103 Å². The highest BCUT2D eigenvalue weighted by molar-refractivity contribution is 5.77. The Kier molecular flexibility index (Phi) is 5.16. The Morgan fingerprint density at radius 2 is 1.88 bits per heavy atom. The molecule has 0 radical (unpaired) electrons. The third-order valence-electron chi connectivity index (χ3n) is 2.51. The highest BCUT2D eigenvalue weighted by Gasteiger charge is 2.08. The molecule has 1 rings (SSSR count). The summed E-state index contributed by atoms with van der Waals surface area (Å²) in [6.45, 7) is 6.30. The molecule has 3 nitrogen and oxygen atoms in total. The first-order chi connectivity index (χ1) is 8.01. The predicted octanol–water partition coefficient (Wildman–Crippen LogP) is 2.00. The summed E-state index contributed by atoms with van der Waals surface area (Å²) in [5.74, 6) is -0.0654. The van der Waals surface area contributed by atoms with Gasteiger partial charge in [-0.15, -0.1) is 0 Å². The second-order valence-corrected chi connectivity index (χ2v) is 4.60. The Morgan fingerprint density at radius 1 is 1.29 bits per heavy atom. The SMILES string of the molecule is COCC(=O)N[C@H](C)Cc1cc(C)cc(C)c1. The number of methoxy groups -OCH3 is 1. The van der Waals surface area contributed by atoms with E-state index in [9.17, 15) is 4.79 Å². The number of ether oxygens (including phenoxy) is 1. The van der Waals surface area contributed by atoms with E-state index in [0.717, 1.165) is 6.42 Å². The van der Waals surface area contributed by atoms with Gasteiger partial charge in [-0.25, -0.2) is 0 Å². The van der Waals surface area contributed by atoms with Crippen molar-refractivity contribution in [2.75, 3.05) is 13.7 Å². The van der Waals surface area contributed by atoms with E-state index in [1.807, 2.05) is 6.92 Å². The Balaban J connectivity index is 2.55. The number of amides is 1. The van der Waals surface area contributed by atoms with Crippen molar-refractivity contribution in [3.8, 4) is 0 Å². The molecular weight excluding hydrogens is 214 g/mol. The van der Waals surface area contributed by atoms with Gasteiger partial charge < -0.3 is 10.1 Å². The molecular formula is C14H21NO2. The fourth-order valence-corrected chi connectivity index (χ4v) is 2.04. The van der Waals surface area contributed by atoms with E-state index < -0.39 is 0 Å². The first-order valence-corrected chi connectivity index (χ1v) is 5.86. The molecule has 17 heavy (non-hydrogen) atoms. The van der Waals surface area contributed by atoms with Gasteiger partial charge >= 0.3 is 0 Å². The average Bonchev–Trinajstić information content (AvgIpc) is 2.14. The molecule has 94 valence electrons. The lowest BCUT2D eigenvalue weighted by Crippen LogP contribution is -2.36. The van der Waals surface area contributed by atoms with Gasteiger partial charge in [0.05, 0.1) is 0 Å². The molecule has 0 unspecified atom stereocenters. The van der Waals surface area contributed by atoms with Crippen LogP contribution in [0.3, 0.4) is 0 Å². The van der Waals surface area contributed by atoms with Crippen molar-refractivity contribution in [2.45, 2.75) is 33.2 Å². The van der Waals surface area contributed by atoms with E-state index >= 15 is 0 Å². The van der Waals surface area contributed by atoms with Gasteiger partial charge in [-0.1, -0.05) is 29.3 Å². The maximum absolute atomic E-state index is 11.3. The van der Waals surface area contributed by atoms with Crippen LogP contribution in [0.25, 0.3) is 0 Å². The molecule has 0 saturated heterocycles. The minimum Gasteiger partial charge on any atom is -0.375 e. The molecule has 1 amide bonds. The normalized spacial score (nSPS) is 12.2. The molecule has 0 spiro atoms. The molecule has 0 bridgehead atoms. The van der Waals surface area contributed by atoms with Crippen LogP contribution in [0.2, 0.25) is 0 Å². The first-order valence-electron chi connectivity index (χ1n) is 5.86. The van der Waals surface area contributed by atoms with Crippen molar-refractivity contribution in [3.05, 3.63) is 34.9 Å². The van der Waals surface area contributed by atoms with Crippen LogP contribution in [0.5, 0.6) is 0 Å². The molecule has 0 saturated carbocycles. The molecule has 0 heterocycles.